The van der Waals surface area contributed by atoms with Crippen LogP contribution >= 0.6 is 54.5 Å². The van der Waals surface area contributed by atoms with E-state index < -0.39 is 0 Å². The number of aromatic nitrogens is 2. The molecule has 0 bridgehead atoms. The molecular formula is C12H12Br2IN3O. The van der Waals surface area contributed by atoms with Crippen LogP contribution in [0.1, 0.15) is 26.5 Å². The average Bonchev–Trinajstić information content (AvgIpc) is 2.61. The van der Waals surface area contributed by atoms with Crippen molar-refractivity contribution < 1.29 is 4.42 Å². The van der Waals surface area contributed by atoms with Crippen LogP contribution in [0.2, 0.25) is 0 Å². The highest BCUT2D eigenvalue weighted by molar-refractivity contribution is 14.1. The Morgan fingerprint density at radius 2 is 1.89 bits per heavy atom. The van der Waals surface area contributed by atoms with Gasteiger partial charge in [0.15, 0.2) is 16.3 Å². The van der Waals surface area contributed by atoms with Crippen molar-refractivity contribution in [3.63, 3.8) is 0 Å². The van der Waals surface area contributed by atoms with Crippen LogP contribution in [0.5, 0.6) is 0 Å². The molecule has 7 heteroatoms. The number of nitrogens with two attached hydrogens (primary N) is 1. The van der Waals surface area contributed by atoms with Crippen LogP contribution in [-0.4, -0.2) is 9.97 Å². The van der Waals surface area contributed by atoms with E-state index >= 15 is 0 Å². The summed E-state index contributed by atoms with van der Waals surface area (Å²) in [7, 11) is 0. The Balaban J connectivity index is 2.63. The smallest absolute Gasteiger partial charge is 0.198 e. The molecule has 102 valence electrons. The van der Waals surface area contributed by atoms with Crippen molar-refractivity contribution in [3.8, 4) is 11.6 Å². The normalized spacial score (nSPS) is 11.9. The highest BCUT2D eigenvalue weighted by Gasteiger charge is 2.23. The maximum atomic E-state index is 5.98. The van der Waals surface area contributed by atoms with Gasteiger partial charge < -0.3 is 10.2 Å². The molecule has 0 saturated heterocycles. The van der Waals surface area contributed by atoms with E-state index in [1.807, 2.05) is 6.07 Å². The number of hydrogen-bond acceptors (Lipinski definition) is 4. The molecule has 0 saturated carbocycles. The average molecular weight is 501 g/mol. The molecule has 0 fully saturated rings. The Hall–Kier alpha value is -0.150. The number of halogens is 3. The summed E-state index contributed by atoms with van der Waals surface area (Å²) in [5, 5.41) is 0. The highest BCUT2D eigenvalue weighted by Crippen LogP contribution is 2.34. The standard InChI is InChI=1S/C12H12Br2IN3O/c1-12(2,3)8-7(15)10(16)18-11(17-8)6-4-5(13)9(14)19-6/h4H,1-3H3,(H2,16,17,18). The SMILES string of the molecule is CC(C)(C)c1nc(-c2cc(Br)c(Br)o2)nc(N)c1I. The van der Waals surface area contributed by atoms with Crippen molar-refractivity contribution in [3.05, 3.63) is 24.5 Å². The van der Waals surface area contributed by atoms with Crippen LogP contribution in [0.4, 0.5) is 5.82 Å². The van der Waals surface area contributed by atoms with E-state index in [1.165, 1.54) is 0 Å². The van der Waals surface area contributed by atoms with Gasteiger partial charge in [-0.3, -0.25) is 0 Å². The third-order valence-electron chi connectivity index (χ3n) is 2.45. The van der Waals surface area contributed by atoms with Crippen molar-refractivity contribution in [2.75, 3.05) is 5.73 Å². The lowest BCUT2D eigenvalue weighted by Crippen LogP contribution is -2.18. The summed E-state index contributed by atoms with van der Waals surface area (Å²) >= 11 is 8.86. The molecule has 0 aliphatic carbocycles. The Bertz CT molecular complexity index is 615. The van der Waals surface area contributed by atoms with Crippen LogP contribution in [-0.2, 0) is 5.41 Å². The molecule has 0 amide bonds. The molecule has 0 aliphatic heterocycles. The Labute approximate surface area is 142 Å². The van der Waals surface area contributed by atoms with Gasteiger partial charge in [0.2, 0.25) is 0 Å². The fraction of sp³-hybridized carbons (Fsp3) is 0.333. The second-order valence-electron chi connectivity index (χ2n) is 5.08. The van der Waals surface area contributed by atoms with Gasteiger partial charge in [0.25, 0.3) is 0 Å². The molecule has 2 heterocycles. The van der Waals surface area contributed by atoms with Crippen LogP contribution < -0.4 is 5.73 Å². The summed E-state index contributed by atoms with van der Waals surface area (Å²) in [5.74, 6) is 1.54. The molecule has 2 rings (SSSR count). The molecular weight excluding hydrogens is 489 g/mol. The molecule has 2 aromatic heterocycles. The fourth-order valence-electron chi connectivity index (χ4n) is 1.53. The third kappa shape index (κ3) is 3.13. The van der Waals surface area contributed by atoms with Crippen molar-refractivity contribution in [1.29, 1.82) is 0 Å². The van der Waals surface area contributed by atoms with E-state index in [0.717, 1.165) is 13.7 Å². The van der Waals surface area contributed by atoms with Crippen LogP contribution in [0.3, 0.4) is 0 Å². The molecule has 0 atom stereocenters. The lowest BCUT2D eigenvalue weighted by Gasteiger charge is -2.20. The first-order valence-corrected chi connectivity index (χ1v) is 8.15. The first-order valence-electron chi connectivity index (χ1n) is 5.49. The van der Waals surface area contributed by atoms with Crippen molar-refractivity contribution in [2.45, 2.75) is 26.2 Å². The predicted molar refractivity (Wildman–Crippen MR) is 91.0 cm³/mol. The lowest BCUT2D eigenvalue weighted by molar-refractivity contribution is 0.541. The van der Waals surface area contributed by atoms with E-state index in [0.29, 0.717) is 22.1 Å². The van der Waals surface area contributed by atoms with Gasteiger partial charge in [-0.1, -0.05) is 20.8 Å². The first kappa shape index (κ1) is 15.2. The monoisotopic (exact) mass is 499 g/mol. The van der Waals surface area contributed by atoms with Gasteiger partial charge in [0.05, 0.1) is 13.7 Å². The Kier molecular flexibility index (Phi) is 4.27. The van der Waals surface area contributed by atoms with Crippen LogP contribution in [0.15, 0.2) is 19.6 Å². The Morgan fingerprint density at radius 3 is 2.37 bits per heavy atom. The summed E-state index contributed by atoms with van der Waals surface area (Å²) in [6.07, 6.45) is 0. The minimum atomic E-state index is -0.108. The molecule has 2 N–H and O–H groups in total. The summed E-state index contributed by atoms with van der Waals surface area (Å²) in [4.78, 5) is 8.89. The second-order valence-corrected chi connectivity index (χ2v) is 7.73. The number of anilines is 1. The van der Waals surface area contributed by atoms with Gasteiger partial charge in [-0.25, -0.2) is 9.97 Å². The minimum Gasteiger partial charge on any atom is -0.445 e. The number of hydrogen-bond donors (Lipinski definition) is 1. The first-order chi connectivity index (χ1) is 8.70. The zero-order chi connectivity index (χ0) is 14.4. The summed E-state index contributed by atoms with van der Waals surface area (Å²) in [6, 6.07) is 1.82. The van der Waals surface area contributed by atoms with E-state index in [4.69, 9.17) is 10.2 Å². The number of nitrogen functional groups attached to an aromatic ring is 1. The van der Waals surface area contributed by atoms with Gasteiger partial charge >= 0.3 is 0 Å². The highest BCUT2D eigenvalue weighted by atomic mass is 127. The molecule has 2 aromatic rings. The zero-order valence-corrected chi connectivity index (χ0v) is 15.9. The number of furan rings is 1. The van der Waals surface area contributed by atoms with E-state index in [9.17, 15) is 0 Å². The summed E-state index contributed by atoms with van der Waals surface area (Å²) in [5.41, 5.74) is 6.78. The van der Waals surface area contributed by atoms with Gasteiger partial charge in [-0.2, -0.15) is 0 Å². The van der Waals surface area contributed by atoms with E-state index in [1.54, 1.807) is 0 Å². The van der Waals surface area contributed by atoms with Crippen molar-refractivity contribution >= 4 is 60.3 Å². The van der Waals surface area contributed by atoms with Gasteiger partial charge in [0.1, 0.15) is 5.82 Å². The molecule has 0 aliphatic rings. The molecule has 0 radical (unpaired) electrons. The maximum Gasteiger partial charge on any atom is 0.198 e. The quantitative estimate of drug-likeness (QED) is 0.574. The molecule has 4 nitrogen and oxygen atoms in total. The minimum absolute atomic E-state index is 0.108. The van der Waals surface area contributed by atoms with E-state index in [2.05, 4.69) is 85.2 Å². The van der Waals surface area contributed by atoms with E-state index in [-0.39, 0.29) is 5.41 Å². The number of nitrogens with zero attached hydrogens (tertiary/aromatic N) is 2. The number of rotatable bonds is 1. The molecule has 0 unspecified atom stereocenters. The maximum absolute atomic E-state index is 5.98. The largest absolute Gasteiger partial charge is 0.445 e. The van der Waals surface area contributed by atoms with Crippen molar-refractivity contribution in [2.24, 2.45) is 0 Å². The van der Waals surface area contributed by atoms with Crippen molar-refractivity contribution in [1.82, 2.24) is 9.97 Å². The summed E-state index contributed by atoms with van der Waals surface area (Å²) < 4.78 is 7.87. The van der Waals surface area contributed by atoms with Gasteiger partial charge in [-0.15, -0.1) is 0 Å². The van der Waals surface area contributed by atoms with Crippen LogP contribution in [0.25, 0.3) is 11.6 Å². The third-order valence-corrected chi connectivity index (χ3v) is 5.23. The molecule has 19 heavy (non-hydrogen) atoms. The van der Waals surface area contributed by atoms with Crippen LogP contribution in [0, 0.1) is 3.57 Å². The molecule has 0 spiro atoms. The van der Waals surface area contributed by atoms with Gasteiger partial charge in [-0.05, 0) is 54.5 Å². The zero-order valence-electron chi connectivity index (χ0n) is 10.6. The summed E-state index contributed by atoms with van der Waals surface area (Å²) in [6.45, 7) is 6.28. The Morgan fingerprint density at radius 1 is 1.26 bits per heavy atom. The fourth-order valence-corrected chi connectivity index (χ4v) is 3.16. The lowest BCUT2D eigenvalue weighted by atomic mass is 9.92. The molecule has 0 aromatic carbocycles. The predicted octanol–water partition coefficient (Wildman–Crippen LogP) is 4.75. The topological polar surface area (TPSA) is 64.9 Å². The second kappa shape index (κ2) is 5.33. The van der Waals surface area contributed by atoms with Gasteiger partial charge in [0, 0.05) is 11.5 Å².